The first-order valence-electron chi connectivity index (χ1n) is 7.77. The summed E-state index contributed by atoms with van der Waals surface area (Å²) in [6.07, 6.45) is 6.33. The van der Waals surface area contributed by atoms with Gasteiger partial charge in [-0.1, -0.05) is 44.4 Å². The minimum absolute atomic E-state index is 0.0808. The Morgan fingerprint density at radius 1 is 1.30 bits per heavy atom. The lowest BCUT2D eigenvalue weighted by Crippen LogP contribution is -2.35. The second-order valence-electron chi connectivity index (χ2n) is 6.25. The number of hydrogen-bond donors (Lipinski definition) is 1. The SMILES string of the molecule is CC(C)CCN(c1cc(Cl)ccc1CO)C1CCCC1. The molecule has 0 aliphatic heterocycles. The lowest BCUT2D eigenvalue weighted by Gasteiger charge is -2.33. The lowest BCUT2D eigenvalue weighted by molar-refractivity contribution is 0.281. The first kappa shape index (κ1) is 15.7. The highest BCUT2D eigenvalue weighted by Crippen LogP contribution is 2.33. The highest BCUT2D eigenvalue weighted by Gasteiger charge is 2.24. The molecule has 0 unspecified atom stereocenters. The van der Waals surface area contributed by atoms with Gasteiger partial charge in [-0.15, -0.1) is 0 Å². The van der Waals surface area contributed by atoms with Crippen molar-refractivity contribution in [3.8, 4) is 0 Å². The zero-order valence-electron chi connectivity index (χ0n) is 12.6. The highest BCUT2D eigenvalue weighted by molar-refractivity contribution is 6.30. The number of hydrogen-bond acceptors (Lipinski definition) is 2. The molecule has 1 aliphatic carbocycles. The number of aliphatic hydroxyl groups is 1. The molecule has 1 saturated carbocycles. The summed E-state index contributed by atoms with van der Waals surface area (Å²) in [5.74, 6) is 0.690. The van der Waals surface area contributed by atoms with Crippen molar-refractivity contribution < 1.29 is 5.11 Å². The molecular formula is C17H26ClNO. The summed E-state index contributed by atoms with van der Waals surface area (Å²) in [4.78, 5) is 2.49. The van der Waals surface area contributed by atoms with Crippen LogP contribution in [0.15, 0.2) is 18.2 Å². The fourth-order valence-electron chi connectivity index (χ4n) is 3.05. The Hall–Kier alpha value is -0.730. The van der Waals surface area contributed by atoms with E-state index in [0.717, 1.165) is 22.8 Å². The van der Waals surface area contributed by atoms with Gasteiger partial charge in [0, 0.05) is 28.9 Å². The Morgan fingerprint density at radius 3 is 2.60 bits per heavy atom. The summed E-state index contributed by atoms with van der Waals surface area (Å²) in [7, 11) is 0. The van der Waals surface area contributed by atoms with Gasteiger partial charge >= 0.3 is 0 Å². The molecule has 0 saturated heterocycles. The van der Waals surface area contributed by atoms with Crippen LogP contribution in [0.5, 0.6) is 0 Å². The van der Waals surface area contributed by atoms with Gasteiger partial charge in [-0.3, -0.25) is 0 Å². The van der Waals surface area contributed by atoms with E-state index in [4.69, 9.17) is 11.6 Å². The van der Waals surface area contributed by atoms with E-state index in [1.54, 1.807) is 0 Å². The van der Waals surface area contributed by atoms with Crippen molar-refractivity contribution in [3.63, 3.8) is 0 Å². The Bertz CT molecular complexity index is 427. The largest absolute Gasteiger partial charge is 0.392 e. The Kier molecular flexibility index (Phi) is 5.74. The summed E-state index contributed by atoms with van der Waals surface area (Å²) in [6.45, 7) is 5.66. The minimum Gasteiger partial charge on any atom is -0.392 e. The number of nitrogens with zero attached hydrogens (tertiary/aromatic N) is 1. The molecule has 112 valence electrons. The predicted octanol–water partition coefficient (Wildman–Crippen LogP) is 4.63. The van der Waals surface area contributed by atoms with Gasteiger partial charge in [-0.05, 0) is 37.3 Å². The topological polar surface area (TPSA) is 23.5 Å². The van der Waals surface area contributed by atoms with Crippen LogP contribution in [0.25, 0.3) is 0 Å². The fraction of sp³-hybridized carbons (Fsp3) is 0.647. The maximum Gasteiger partial charge on any atom is 0.0702 e. The van der Waals surface area contributed by atoms with Crippen molar-refractivity contribution in [3.05, 3.63) is 28.8 Å². The van der Waals surface area contributed by atoms with Crippen molar-refractivity contribution in [2.24, 2.45) is 5.92 Å². The highest BCUT2D eigenvalue weighted by atomic mass is 35.5. The van der Waals surface area contributed by atoms with Gasteiger partial charge in [0.2, 0.25) is 0 Å². The molecule has 0 spiro atoms. The molecule has 1 N–H and O–H groups in total. The van der Waals surface area contributed by atoms with E-state index in [1.165, 1.54) is 32.1 Å². The first-order chi connectivity index (χ1) is 9.61. The molecule has 2 nitrogen and oxygen atoms in total. The van der Waals surface area contributed by atoms with E-state index < -0.39 is 0 Å². The van der Waals surface area contributed by atoms with Gasteiger partial charge in [0.25, 0.3) is 0 Å². The maximum atomic E-state index is 9.61. The maximum absolute atomic E-state index is 9.61. The van der Waals surface area contributed by atoms with Crippen molar-refractivity contribution in [2.75, 3.05) is 11.4 Å². The number of anilines is 1. The Balaban J connectivity index is 2.26. The minimum atomic E-state index is 0.0808. The Morgan fingerprint density at radius 2 is 2.00 bits per heavy atom. The summed E-state index contributed by atoms with van der Waals surface area (Å²) in [6, 6.07) is 6.45. The molecule has 1 fully saturated rings. The summed E-state index contributed by atoms with van der Waals surface area (Å²) in [5.41, 5.74) is 2.12. The summed E-state index contributed by atoms with van der Waals surface area (Å²) >= 11 is 6.18. The third-order valence-electron chi connectivity index (χ3n) is 4.24. The van der Waals surface area contributed by atoms with Gasteiger partial charge in [0.15, 0.2) is 0 Å². The van der Waals surface area contributed by atoms with Crippen molar-refractivity contribution in [1.29, 1.82) is 0 Å². The standard InChI is InChI=1S/C17H26ClNO/c1-13(2)9-10-19(16-5-3-4-6-16)17-11-15(18)8-7-14(17)12-20/h7-8,11,13,16,20H,3-6,9-10,12H2,1-2H3. The second-order valence-corrected chi connectivity index (χ2v) is 6.68. The van der Waals surface area contributed by atoms with Crippen molar-refractivity contribution in [2.45, 2.75) is 58.6 Å². The molecule has 0 radical (unpaired) electrons. The molecule has 1 aliphatic rings. The van der Waals surface area contributed by atoms with Crippen LogP contribution in [0.2, 0.25) is 5.02 Å². The average Bonchev–Trinajstić information content (AvgIpc) is 2.93. The molecule has 3 heteroatoms. The number of halogens is 1. The van der Waals surface area contributed by atoms with E-state index in [9.17, 15) is 5.11 Å². The van der Waals surface area contributed by atoms with Crippen LogP contribution in [0.3, 0.4) is 0 Å². The van der Waals surface area contributed by atoms with Crippen LogP contribution >= 0.6 is 11.6 Å². The van der Waals surface area contributed by atoms with E-state index in [0.29, 0.717) is 12.0 Å². The normalized spacial score (nSPS) is 16.1. The van der Waals surface area contributed by atoms with Gasteiger partial charge in [-0.2, -0.15) is 0 Å². The molecular weight excluding hydrogens is 270 g/mol. The third kappa shape index (κ3) is 3.89. The third-order valence-corrected chi connectivity index (χ3v) is 4.48. The molecule has 1 aromatic rings. The molecule has 2 rings (SSSR count). The molecule has 1 aromatic carbocycles. The van der Waals surface area contributed by atoms with Gasteiger partial charge < -0.3 is 10.0 Å². The smallest absolute Gasteiger partial charge is 0.0702 e. The van der Waals surface area contributed by atoms with Crippen LogP contribution in [-0.4, -0.2) is 17.7 Å². The van der Waals surface area contributed by atoms with E-state index in [1.807, 2.05) is 18.2 Å². The van der Waals surface area contributed by atoms with Crippen molar-refractivity contribution in [1.82, 2.24) is 0 Å². The van der Waals surface area contributed by atoms with Crippen LogP contribution in [-0.2, 0) is 6.61 Å². The lowest BCUT2D eigenvalue weighted by atomic mass is 10.1. The van der Waals surface area contributed by atoms with E-state index in [2.05, 4.69) is 18.7 Å². The predicted molar refractivity (Wildman–Crippen MR) is 86.4 cm³/mol. The quantitative estimate of drug-likeness (QED) is 0.827. The number of aliphatic hydroxyl groups excluding tert-OH is 1. The summed E-state index contributed by atoms with van der Waals surface area (Å²) in [5, 5.41) is 10.4. The molecule has 20 heavy (non-hydrogen) atoms. The first-order valence-corrected chi connectivity index (χ1v) is 8.15. The zero-order valence-corrected chi connectivity index (χ0v) is 13.4. The van der Waals surface area contributed by atoms with Gasteiger partial charge in [-0.25, -0.2) is 0 Å². The number of benzene rings is 1. The molecule has 0 aromatic heterocycles. The number of rotatable bonds is 6. The molecule has 0 atom stereocenters. The molecule has 0 heterocycles. The van der Waals surface area contributed by atoms with E-state index in [-0.39, 0.29) is 6.61 Å². The van der Waals surface area contributed by atoms with Crippen molar-refractivity contribution >= 4 is 17.3 Å². The Labute approximate surface area is 127 Å². The zero-order chi connectivity index (χ0) is 14.5. The molecule has 0 amide bonds. The van der Waals surface area contributed by atoms with Gasteiger partial charge in [0.05, 0.1) is 6.61 Å². The van der Waals surface area contributed by atoms with Gasteiger partial charge in [0.1, 0.15) is 0 Å². The van der Waals surface area contributed by atoms with Crippen LogP contribution in [0.1, 0.15) is 51.5 Å². The van der Waals surface area contributed by atoms with E-state index >= 15 is 0 Å². The fourth-order valence-corrected chi connectivity index (χ4v) is 3.22. The van der Waals surface area contributed by atoms with Crippen LogP contribution in [0.4, 0.5) is 5.69 Å². The van der Waals surface area contributed by atoms with Crippen LogP contribution < -0.4 is 4.90 Å². The monoisotopic (exact) mass is 295 g/mol. The molecule has 0 bridgehead atoms. The second kappa shape index (κ2) is 7.33. The summed E-state index contributed by atoms with van der Waals surface area (Å²) < 4.78 is 0. The average molecular weight is 296 g/mol. The van der Waals surface area contributed by atoms with Crippen LogP contribution in [0, 0.1) is 5.92 Å².